The molecule has 0 aromatic heterocycles. The van der Waals surface area contributed by atoms with E-state index in [1.165, 1.54) is 6.07 Å². The highest BCUT2D eigenvalue weighted by Gasteiger charge is 2.08. The van der Waals surface area contributed by atoms with Gasteiger partial charge in [-0.1, -0.05) is 18.2 Å². The number of rotatable bonds is 3. The number of aliphatic hydroxyl groups is 1. The van der Waals surface area contributed by atoms with Gasteiger partial charge in [0, 0.05) is 32.4 Å². The number of halogens is 1. The predicted octanol–water partition coefficient (Wildman–Crippen LogP) is 1.47. The second kappa shape index (κ2) is 8.35. The smallest absolute Gasteiger partial charge is 0.127 e. The molecular formula is C11H18FNO2. The summed E-state index contributed by atoms with van der Waals surface area (Å²) in [5.74, 6) is -0.307. The lowest BCUT2D eigenvalue weighted by Gasteiger charge is -2.10. The topological polar surface area (TPSA) is 55.5 Å². The van der Waals surface area contributed by atoms with Gasteiger partial charge in [-0.25, -0.2) is 4.39 Å². The largest absolute Gasteiger partial charge is 0.396 e. The van der Waals surface area contributed by atoms with Gasteiger partial charge < -0.3 is 15.6 Å². The molecule has 0 bridgehead atoms. The van der Waals surface area contributed by atoms with E-state index in [1.54, 1.807) is 32.4 Å². The maximum Gasteiger partial charge on any atom is 0.127 e. The van der Waals surface area contributed by atoms with Crippen LogP contribution in [0.15, 0.2) is 24.3 Å². The van der Waals surface area contributed by atoms with E-state index >= 15 is 0 Å². The minimum absolute atomic E-state index is 0.0184. The zero-order valence-electron chi connectivity index (χ0n) is 9.11. The first-order valence-electron chi connectivity index (χ1n) is 4.68. The molecule has 86 valence electrons. The van der Waals surface area contributed by atoms with E-state index in [-0.39, 0.29) is 12.4 Å². The first-order valence-corrected chi connectivity index (χ1v) is 4.68. The van der Waals surface area contributed by atoms with Gasteiger partial charge in [0.15, 0.2) is 0 Å². The number of methoxy groups -OCH3 is 1. The van der Waals surface area contributed by atoms with Crippen LogP contribution in [0.1, 0.15) is 18.0 Å². The second-order valence-corrected chi connectivity index (χ2v) is 3.05. The highest BCUT2D eigenvalue weighted by atomic mass is 19.1. The Morgan fingerprint density at radius 3 is 2.40 bits per heavy atom. The molecule has 0 aliphatic carbocycles. The normalized spacial score (nSPS) is 11.5. The molecule has 0 saturated carbocycles. The van der Waals surface area contributed by atoms with E-state index in [0.29, 0.717) is 12.0 Å². The van der Waals surface area contributed by atoms with Crippen molar-refractivity contribution in [2.75, 3.05) is 20.8 Å². The molecule has 0 saturated heterocycles. The first kappa shape index (κ1) is 14.0. The van der Waals surface area contributed by atoms with Crippen LogP contribution in [0.25, 0.3) is 0 Å². The van der Waals surface area contributed by atoms with Crippen LogP contribution in [-0.2, 0) is 4.74 Å². The van der Waals surface area contributed by atoms with Crippen molar-refractivity contribution in [1.29, 1.82) is 0 Å². The van der Waals surface area contributed by atoms with Crippen LogP contribution >= 0.6 is 0 Å². The molecule has 4 heteroatoms. The number of hydrogen-bond acceptors (Lipinski definition) is 3. The molecule has 0 amide bonds. The van der Waals surface area contributed by atoms with Crippen molar-refractivity contribution in [1.82, 2.24) is 0 Å². The minimum atomic E-state index is -0.406. The summed E-state index contributed by atoms with van der Waals surface area (Å²) in [4.78, 5) is 0. The fourth-order valence-corrected chi connectivity index (χ4v) is 1.07. The number of benzene rings is 1. The van der Waals surface area contributed by atoms with Gasteiger partial charge >= 0.3 is 0 Å². The summed E-state index contributed by atoms with van der Waals surface area (Å²) in [6, 6.07) is 5.94. The van der Waals surface area contributed by atoms with Gasteiger partial charge in [0.1, 0.15) is 5.82 Å². The Morgan fingerprint density at radius 2 is 1.93 bits per heavy atom. The van der Waals surface area contributed by atoms with Gasteiger partial charge in [-0.15, -0.1) is 0 Å². The lowest BCUT2D eigenvalue weighted by molar-refractivity contribution is 0.275. The van der Waals surface area contributed by atoms with Crippen LogP contribution in [-0.4, -0.2) is 25.9 Å². The molecule has 0 spiro atoms. The van der Waals surface area contributed by atoms with Gasteiger partial charge in [-0.2, -0.15) is 0 Å². The van der Waals surface area contributed by atoms with Crippen LogP contribution in [0.5, 0.6) is 0 Å². The molecule has 15 heavy (non-hydrogen) atoms. The average molecular weight is 215 g/mol. The molecule has 0 aliphatic rings. The minimum Gasteiger partial charge on any atom is -0.396 e. The first-order chi connectivity index (χ1) is 7.17. The highest BCUT2D eigenvalue weighted by Crippen LogP contribution is 2.16. The van der Waals surface area contributed by atoms with Crippen LogP contribution in [0.2, 0.25) is 0 Å². The standard InChI is InChI=1S/C9H12FNO.C2H6O/c10-8-4-2-1-3-7(8)9(11)5-6-12;1-3-2/h1-4,9,12H,5-6,11H2;1-2H3. The monoisotopic (exact) mass is 215 g/mol. The average Bonchev–Trinajstić information content (AvgIpc) is 2.20. The summed E-state index contributed by atoms with van der Waals surface area (Å²) < 4.78 is 17.3. The molecular weight excluding hydrogens is 197 g/mol. The molecule has 1 aromatic rings. The van der Waals surface area contributed by atoms with E-state index in [9.17, 15) is 4.39 Å². The lowest BCUT2D eigenvalue weighted by atomic mass is 10.0. The van der Waals surface area contributed by atoms with Gasteiger partial charge in [0.05, 0.1) is 0 Å². The second-order valence-electron chi connectivity index (χ2n) is 3.05. The van der Waals surface area contributed by atoms with Gasteiger partial charge in [0.2, 0.25) is 0 Å². The predicted molar refractivity (Wildman–Crippen MR) is 58.0 cm³/mol. The summed E-state index contributed by atoms with van der Waals surface area (Å²) in [5.41, 5.74) is 6.07. The molecule has 1 unspecified atom stereocenters. The highest BCUT2D eigenvalue weighted by molar-refractivity contribution is 5.20. The Hall–Kier alpha value is -0.970. The lowest BCUT2D eigenvalue weighted by Crippen LogP contribution is -2.13. The Bertz CT molecular complexity index is 269. The quantitative estimate of drug-likeness (QED) is 0.802. The SMILES string of the molecule is COC.NC(CCO)c1ccccc1F. The third kappa shape index (κ3) is 5.47. The number of aliphatic hydroxyl groups excluding tert-OH is 1. The number of nitrogens with two attached hydrogens (primary N) is 1. The zero-order chi connectivity index (χ0) is 11.7. The molecule has 0 fully saturated rings. The molecule has 1 rings (SSSR count). The third-order valence-corrected chi connectivity index (χ3v) is 1.74. The number of ether oxygens (including phenoxy) is 1. The molecule has 0 aliphatic heterocycles. The van der Waals surface area contributed by atoms with Crippen molar-refractivity contribution in [3.05, 3.63) is 35.6 Å². The van der Waals surface area contributed by atoms with E-state index < -0.39 is 6.04 Å². The van der Waals surface area contributed by atoms with E-state index in [0.717, 1.165) is 0 Å². The van der Waals surface area contributed by atoms with Crippen molar-refractivity contribution in [2.24, 2.45) is 5.73 Å². The van der Waals surface area contributed by atoms with Crippen LogP contribution in [0, 0.1) is 5.82 Å². The Morgan fingerprint density at radius 1 is 1.40 bits per heavy atom. The zero-order valence-corrected chi connectivity index (χ0v) is 9.11. The van der Waals surface area contributed by atoms with Gasteiger partial charge in [-0.3, -0.25) is 0 Å². The van der Waals surface area contributed by atoms with Crippen LogP contribution in [0.3, 0.4) is 0 Å². The fourth-order valence-electron chi connectivity index (χ4n) is 1.07. The Balaban J connectivity index is 0.000000583. The molecule has 1 atom stereocenters. The Kier molecular flexibility index (Phi) is 7.81. The molecule has 3 nitrogen and oxygen atoms in total. The van der Waals surface area contributed by atoms with Crippen LogP contribution < -0.4 is 5.73 Å². The van der Waals surface area contributed by atoms with E-state index in [1.807, 2.05) is 0 Å². The fraction of sp³-hybridized carbons (Fsp3) is 0.455. The van der Waals surface area contributed by atoms with Gasteiger partial charge in [-0.05, 0) is 12.5 Å². The Labute approximate surface area is 89.7 Å². The van der Waals surface area contributed by atoms with Crippen molar-refractivity contribution in [2.45, 2.75) is 12.5 Å². The summed E-state index contributed by atoms with van der Waals surface area (Å²) >= 11 is 0. The molecule has 0 heterocycles. The molecule has 0 radical (unpaired) electrons. The van der Waals surface area contributed by atoms with Crippen molar-refractivity contribution < 1.29 is 14.2 Å². The molecule has 3 N–H and O–H groups in total. The summed E-state index contributed by atoms with van der Waals surface area (Å²) in [6.07, 6.45) is 0.390. The maximum atomic E-state index is 13.0. The summed E-state index contributed by atoms with van der Waals surface area (Å²) in [7, 11) is 3.25. The van der Waals surface area contributed by atoms with Crippen molar-refractivity contribution in [3.8, 4) is 0 Å². The summed E-state index contributed by atoms with van der Waals surface area (Å²) in [5, 5.41) is 8.59. The van der Waals surface area contributed by atoms with E-state index in [4.69, 9.17) is 10.8 Å². The van der Waals surface area contributed by atoms with Crippen LogP contribution in [0.4, 0.5) is 4.39 Å². The number of hydrogen-bond donors (Lipinski definition) is 2. The third-order valence-electron chi connectivity index (χ3n) is 1.74. The van der Waals surface area contributed by atoms with Crippen molar-refractivity contribution in [3.63, 3.8) is 0 Å². The maximum absolute atomic E-state index is 13.0. The summed E-state index contributed by atoms with van der Waals surface area (Å²) in [6.45, 7) is -0.0184. The van der Waals surface area contributed by atoms with Gasteiger partial charge in [0.25, 0.3) is 0 Å². The molecule has 1 aromatic carbocycles. The van der Waals surface area contributed by atoms with E-state index in [2.05, 4.69) is 4.74 Å². The van der Waals surface area contributed by atoms with Crippen molar-refractivity contribution >= 4 is 0 Å².